The summed E-state index contributed by atoms with van der Waals surface area (Å²) in [5.74, 6) is -0.671. The topological polar surface area (TPSA) is 88.6 Å². The number of hydrogen-bond donors (Lipinski definition) is 2. The fraction of sp³-hybridized carbons (Fsp3) is 0.238. The lowest BCUT2D eigenvalue weighted by Gasteiger charge is -2.35. The molecule has 0 aliphatic carbocycles. The summed E-state index contributed by atoms with van der Waals surface area (Å²) in [6.07, 6.45) is 0. The van der Waals surface area contributed by atoms with E-state index in [0.29, 0.717) is 11.5 Å². The number of nitrogens with one attached hydrogen (secondary N) is 1. The maximum Gasteiger partial charge on any atom is 0.308 e. The SMILES string of the molecule is COc1ccc([C@@H]2c3sc(=O)[nH]c3S[C@@H](c3ccc(OC)cc3)[C@@H]2C(=O)O)cc1. The Morgan fingerprint density at radius 2 is 1.52 bits per heavy atom. The lowest BCUT2D eigenvalue weighted by atomic mass is 9.80. The van der Waals surface area contributed by atoms with Gasteiger partial charge in [0.2, 0.25) is 0 Å². The number of carboxylic acid groups (broad SMARTS) is 1. The molecule has 1 aromatic heterocycles. The van der Waals surface area contributed by atoms with E-state index in [1.807, 2.05) is 48.5 Å². The number of aliphatic carboxylic acids is 1. The molecule has 0 amide bonds. The molecule has 29 heavy (non-hydrogen) atoms. The number of rotatable bonds is 5. The molecule has 0 saturated heterocycles. The molecule has 8 heteroatoms. The Morgan fingerprint density at radius 1 is 0.966 bits per heavy atom. The van der Waals surface area contributed by atoms with Crippen molar-refractivity contribution in [3.8, 4) is 11.5 Å². The number of aromatic amines is 1. The summed E-state index contributed by atoms with van der Waals surface area (Å²) < 4.78 is 10.5. The van der Waals surface area contributed by atoms with Crippen LogP contribution in [-0.2, 0) is 4.79 Å². The fourth-order valence-electron chi connectivity index (χ4n) is 3.67. The highest BCUT2D eigenvalue weighted by molar-refractivity contribution is 7.99. The van der Waals surface area contributed by atoms with E-state index in [4.69, 9.17) is 9.47 Å². The second-order valence-corrected chi connectivity index (χ2v) is 8.80. The van der Waals surface area contributed by atoms with Gasteiger partial charge >= 0.3 is 10.8 Å². The first-order valence-electron chi connectivity index (χ1n) is 8.92. The van der Waals surface area contributed by atoms with Gasteiger partial charge in [0.05, 0.1) is 30.4 Å². The summed E-state index contributed by atoms with van der Waals surface area (Å²) in [5.41, 5.74) is 1.72. The van der Waals surface area contributed by atoms with Crippen LogP contribution in [0.3, 0.4) is 0 Å². The first kappa shape index (κ1) is 19.6. The predicted molar refractivity (Wildman–Crippen MR) is 112 cm³/mol. The van der Waals surface area contributed by atoms with Gasteiger partial charge in [0.1, 0.15) is 11.5 Å². The second-order valence-electron chi connectivity index (χ2n) is 6.63. The number of H-pyrrole nitrogens is 1. The van der Waals surface area contributed by atoms with Gasteiger partial charge in [-0.2, -0.15) is 0 Å². The molecule has 0 radical (unpaired) electrons. The van der Waals surface area contributed by atoms with Gasteiger partial charge in [-0.05, 0) is 35.4 Å². The molecule has 0 unspecified atom stereocenters. The molecule has 1 aliphatic heterocycles. The molecular weight excluding hydrogens is 410 g/mol. The van der Waals surface area contributed by atoms with Gasteiger partial charge in [-0.15, -0.1) is 0 Å². The molecule has 0 spiro atoms. The number of thiazole rings is 1. The largest absolute Gasteiger partial charge is 0.497 e. The standard InChI is InChI=1S/C21H19NO5S2/c1-26-13-7-3-11(4-8-13)15-16(20(23)24)17(12-5-9-14(27-2)10-6-12)28-19-18(15)29-21(25)22-19/h3-10,15-17H,1-2H3,(H,22,25)(H,23,24)/t15-,16+,17-/m0/s1. The van der Waals surface area contributed by atoms with E-state index in [1.54, 1.807) is 14.2 Å². The smallest absolute Gasteiger partial charge is 0.308 e. The lowest BCUT2D eigenvalue weighted by molar-refractivity contribution is -0.142. The summed E-state index contributed by atoms with van der Waals surface area (Å²) in [6, 6.07) is 14.8. The molecule has 0 fully saturated rings. The number of carbonyl (C=O) groups is 1. The van der Waals surface area contributed by atoms with E-state index in [2.05, 4.69) is 4.98 Å². The normalized spacial score (nSPS) is 20.7. The molecule has 2 N–H and O–H groups in total. The Balaban J connectivity index is 1.85. The van der Waals surface area contributed by atoms with Crippen LogP contribution in [0, 0.1) is 5.92 Å². The van der Waals surface area contributed by atoms with Crippen molar-refractivity contribution in [1.82, 2.24) is 4.98 Å². The minimum atomic E-state index is -0.898. The highest BCUT2D eigenvalue weighted by Crippen LogP contribution is 2.55. The van der Waals surface area contributed by atoms with Crippen LogP contribution in [0.5, 0.6) is 11.5 Å². The number of aromatic nitrogens is 1. The average molecular weight is 430 g/mol. The first-order chi connectivity index (χ1) is 14.0. The predicted octanol–water partition coefficient (Wildman–Crippen LogP) is 4.13. The molecule has 6 nitrogen and oxygen atoms in total. The zero-order valence-electron chi connectivity index (χ0n) is 15.7. The van der Waals surface area contributed by atoms with E-state index in [0.717, 1.165) is 32.4 Å². The maximum absolute atomic E-state index is 12.4. The highest BCUT2D eigenvalue weighted by Gasteiger charge is 2.45. The Bertz CT molecular complexity index is 1070. The fourth-order valence-corrected chi connectivity index (χ4v) is 6.27. The summed E-state index contributed by atoms with van der Waals surface area (Å²) in [7, 11) is 3.18. The summed E-state index contributed by atoms with van der Waals surface area (Å²) in [5, 5.41) is 10.6. The highest BCUT2D eigenvalue weighted by atomic mass is 32.2. The van der Waals surface area contributed by atoms with Crippen LogP contribution in [0.1, 0.15) is 27.2 Å². The monoisotopic (exact) mass is 429 g/mol. The van der Waals surface area contributed by atoms with Crippen LogP contribution in [0.4, 0.5) is 0 Å². The number of hydrogen-bond acceptors (Lipinski definition) is 6. The number of ether oxygens (including phenoxy) is 2. The number of benzene rings is 2. The number of methoxy groups -OCH3 is 2. The van der Waals surface area contributed by atoms with Crippen LogP contribution in [-0.4, -0.2) is 30.3 Å². The van der Waals surface area contributed by atoms with Gasteiger partial charge in [-0.25, -0.2) is 0 Å². The Morgan fingerprint density at radius 3 is 2.03 bits per heavy atom. The van der Waals surface area contributed by atoms with Crippen LogP contribution in [0.25, 0.3) is 0 Å². The number of fused-ring (bicyclic) bond motifs is 1. The van der Waals surface area contributed by atoms with E-state index in [9.17, 15) is 14.7 Å². The van der Waals surface area contributed by atoms with E-state index >= 15 is 0 Å². The van der Waals surface area contributed by atoms with E-state index < -0.39 is 17.8 Å². The lowest BCUT2D eigenvalue weighted by Crippen LogP contribution is -2.30. The van der Waals surface area contributed by atoms with Crippen LogP contribution in [0.15, 0.2) is 58.4 Å². The minimum absolute atomic E-state index is 0.180. The third kappa shape index (κ3) is 3.65. The molecule has 0 bridgehead atoms. The summed E-state index contributed by atoms with van der Waals surface area (Å²) in [6.45, 7) is 0. The molecule has 150 valence electrons. The van der Waals surface area contributed by atoms with E-state index in [1.165, 1.54) is 11.8 Å². The van der Waals surface area contributed by atoms with Gasteiger partial charge in [0, 0.05) is 10.8 Å². The Labute approximate surface area is 175 Å². The van der Waals surface area contributed by atoms with Crippen LogP contribution in [0.2, 0.25) is 0 Å². The second kappa shape index (κ2) is 7.96. The van der Waals surface area contributed by atoms with Gasteiger partial charge in [-0.1, -0.05) is 47.4 Å². The third-order valence-corrected chi connectivity index (χ3v) is 7.53. The summed E-state index contributed by atoms with van der Waals surface area (Å²) in [4.78, 5) is 28.0. The summed E-state index contributed by atoms with van der Waals surface area (Å²) >= 11 is 2.48. The van der Waals surface area contributed by atoms with Crippen molar-refractivity contribution in [2.24, 2.45) is 5.92 Å². The van der Waals surface area contributed by atoms with Gasteiger partial charge < -0.3 is 19.6 Å². The first-order valence-corrected chi connectivity index (χ1v) is 10.6. The van der Waals surface area contributed by atoms with Crippen LogP contribution < -0.4 is 14.3 Å². The zero-order valence-corrected chi connectivity index (χ0v) is 17.4. The average Bonchev–Trinajstić information content (AvgIpc) is 3.12. The molecule has 4 rings (SSSR count). The maximum atomic E-state index is 12.4. The van der Waals surface area contributed by atoms with Crippen molar-refractivity contribution in [1.29, 1.82) is 0 Å². The molecule has 3 atom stereocenters. The van der Waals surface area contributed by atoms with Crippen molar-refractivity contribution in [3.63, 3.8) is 0 Å². The molecule has 1 aliphatic rings. The van der Waals surface area contributed by atoms with Crippen molar-refractivity contribution >= 4 is 29.1 Å². The third-order valence-electron chi connectivity index (χ3n) is 5.06. The van der Waals surface area contributed by atoms with Crippen molar-refractivity contribution in [3.05, 3.63) is 74.2 Å². The van der Waals surface area contributed by atoms with Crippen molar-refractivity contribution in [2.45, 2.75) is 16.2 Å². The minimum Gasteiger partial charge on any atom is -0.497 e. The Kier molecular flexibility index (Phi) is 5.38. The number of thioether (sulfide) groups is 1. The molecular formula is C21H19NO5S2. The van der Waals surface area contributed by atoms with Crippen molar-refractivity contribution < 1.29 is 19.4 Å². The van der Waals surface area contributed by atoms with Gasteiger partial charge in [-0.3, -0.25) is 9.59 Å². The molecule has 3 aromatic rings. The zero-order chi connectivity index (χ0) is 20.5. The van der Waals surface area contributed by atoms with Gasteiger partial charge in [0.25, 0.3) is 0 Å². The Hall–Kier alpha value is -2.71. The van der Waals surface area contributed by atoms with Crippen LogP contribution >= 0.6 is 23.1 Å². The molecule has 0 saturated carbocycles. The molecule has 2 aromatic carbocycles. The molecule has 2 heterocycles. The van der Waals surface area contributed by atoms with Gasteiger partial charge in [0.15, 0.2) is 0 Å². The quantitative estimate of drug-likeness (QED) is 0.634. The van der Waals surface area contributed by atoms with Crippen molar-refractivity contribution in [2.75, 3.05) is 14.2 Å². The number of carboxylic acids is 1. The van der Waals surface area contributed by atoms with E-state index in [-0.39, 0.29) is 10.1 Å².